The van der Waals surface area contributed by atoms with Crippen LogP contribution >= 0.6 is 15.9 Å². The van der Waals surface area contributed by atoms with Gasteiger partial charge in [0.15, 0.2) is 11.6 Å². The largest absolute Gasteiger partial charge is 0.304 e. The summed E-state index contributed by atoms with van der Waals surface area (Å²) in [5.41, 5.74) is 0.629. The molecule has 1 aromatic rings. The molecule has 0 heterocycles. The molecule has 0 saturated carbocycles. The van der Waals surface area contributed by atoms with Gasteiger partial charge in [0.05, 0.1) is 6.61 Å². The van der Waals surface area contributed by atoms with Crippen LogP contribution in [-0.4, -0.2) is 6.61 Å². The van der Waals surface area contributed by atoms with Crippen molar-refractivity contribution in [2.75, 3.05) is 6.61 Å². The highest BCUT2D eigenvalue weighted by atomic mass is 79.9. The van der Waals surface area contributed by atoms with Crippen LogP contribution < -0.4 is 5.90 Å². The van der Waals surface area contributed by atoms with E-state index in [2.05, 4.69) is 20.8 Å². The molecule has 0 atom stereocenters. The van der Waals surface area contributed by atoms with E-state index in [1.165, 1.54) is 0 Å². The lowest BCUT2D eigenvalue weighted by Gasteiger charge is -2.03. The van der Waals surface area contributed by atoms with Gasteiger partial charge >= 0.3 is 0 Å². The first-order valence-corrected chi connectivity index (χ1v) is 4.39. The second-order valence-corrected chi connectivity index (χ2v) is 3.33. The molecule has 0 amide bonds. The van der Waals surface area contributed by atoms with Gasteiger partial charge in [-0.15, -0.1) is 0 Å². The first-order valence-electron chi connectivity index (χ1n) is 3.60. The van der Waals surface area contributed by atoms with Gasteiger partial charge in [0.25, 0.3) is 0 Å². The molecular weight excluding hydrogens is 244 g/mol. The van der Waals surface area contributed by atoms with Crippen LogP contribution in [0, 0.1) is 11.6 Å². The molecule has 0 radical (unpaired) electrons. The number of nitrogens with two attached hydrogens (primary N) is 1. The summed E-state index contributed by atoms with van der Waals surface area (Å²) in [6, 6.07) is 2.21. The van der Waals surface area contributed by atoms with Crippen molar-refractivity contribution in [1.82, 2.24) is 0 Å². The minimum atomic E-state index is -0.871. The predicted molar refractivity (Wildman–Crippen MR) is 47.9 cm³/mol. The molecule has 1 aromatic carbocycles. The summed E-state index contributed by atoms with van der Waals surface area (Å²) in [7, 11) is 0. The first kappa shape index (κ1) is 10.6. The lowest BCUT2D eigenvalue weighted by molar-refractivity contribution is 0.141. The third kappa shape index (κ3) is 2.72. The fourth-order valence-corrected chi connectivity index (χ4v) is 1.44. The molecule has 0 saturated heterocycles. The highest BCUT2D eigenvalue weighted by molar-refractivity contribution is 9.10. The van der Waals surface area contributed by atoms with Gasteiger partial charge in [-0.2, -0.15) is 0 Å². The molecular formula is C8H8BrF2NO. The van der Waals surface area contributed by atoms with Gasteiger partial charge in [0, 0.05) is 4.47 Å². The monoisotopic (exact) mass is 251 g/mol. The third-order valence-corrected chi connectivity index (χ3v) is 2.32. The summed E-state index contributed by atoms with van der Waals surface area (Å²) in [6.45, 7) is 0.268. The highest BCUT2D eigenvalue weighted by Crippen LogP contribution is 2.20. The van der Waals surface area contributed by atoms with Crippen LogP contribution in [0.15, 0.2) is 16.6 Å². The van der Waals surface area contributed by atoms with E-state index in [4.69, 9.17) is 5.90 Å². The molecule has 0 unspecified atom stereocenters. The van der Waals surface area contributed by atoms with E-state index in [9.17, 15) is 8.78 Å². The van der Waals surface area contributed by atoms with E-state index in [-0.39, 0.29) is 6.61 Å². The Kier molecular flexibility index (Phi) is 3.77. The fraction of sp³-hybridized carbons (Fsp3) is 0.250. The van der Waals surface area contributed by atoms with Gasteiger partial charge in [0.2, 0.25) is 0 Å². The normalized spacial score (nSPS) is 10.5. The quantitative estimate of drug-likeness (QED) is 0.660. The predicted octanol–water partition coefficient (Wildman–Crippen LogP) is 2.16. The van der Waals surface area contributed by atoms with Crippen LogP contribution in [-0.2, 0) is 11.3 Å². The van der Waals surface area contributed by atoms with Gasteiger partial charge in [-0.3, -0.25) is 0 Å². The van der Waals surface area contributed by atoms with Crippen molar-refractivity contribution >= 4 is 15.9 Å². The molecule has 0 spiro atoms. The Morgan fingerprint density at radius 3 is 2.54 bits per heavy atom. The Bertz CT molecular complexity index is 306. The van der Waals surface area contributed by atoms with E-state index in [1.807, 2.05) is 0 Å². The maximum absolute atomic E-state index is 12.7. The fourth-order valence-electron chi connectivity index (χ4n) is 0.924. The minimum absolute atomic E-state index is 0.268. The molecule has 1 rings (SSSR count). The Hall–Kier alpha value is -0.520. The van der Waals surface area contributed by atoms with Gasteiger partial charge < -0.3 is 4.84 Å². The summed E-state index contributed by atoms with van der Waals surface area (Å²) in [4.78, 5) is 4.33. The number of halogens is 3. The Labute approximate surface area is 82.8 Å². The Balaban J connectivity index is 2.88. The van der Waals surface area contributed by atoms with E-state index in [0.29, 0.717) is 16.5 Å². The second kappa shape index (κ2) is 4.64. The van der Waals surface area contributed by atoms with Crippen molar-refractivity contribution < 1.29 is 13.6 Å². The maximum Gasteiger partial charge on any atom is 0.159 e. The molecule has 72 valence electrons. The van der Waals surface area contributed by atoms with Gasteiger partial charge in [-0.25, -0.2) is 14.7 Å². The van der Waals surface area contributed by atoms with E-state index < -0.39 is 11.6 Å². The van der Waals surface area contributed by atoms with Gasteiger partial charge in [0.1, 0.15) is 0 Å². The number of rotatable bonds is 3. The zero-order valence-corrected chi connectivity index (χ0v) is 8.27. The van der Waals surface area contributed by atoms with Crippen LogP contribution in [0.3, 0.4) is 0 Å². The average Bonchev–Trinajstić information content (AvgIpc) is 2.09. The summed E-state index contributed by atoms with van der Waals surface area (Å²) in [5.74, 6) is 3.07. The molecule has 2 nitrogen and oxygen atoms in total. The third-order valence-electron chi connectivity index (χ3n) is 1.58. The lowest BCUT2D eigenvalue weighted by atomic mass is 10.1. The average molecular weight is 252 g/mol. The van der Waals surface area contributed by atoms with Crippen molar-refractivity contribution in [2.24, 2.45) is 5.90 Å². The van der Waals surface area contributed by atoms with E-state index in [0.717, 1.165) is 12.1 Å². The number of hydrogen-bond donors (Lipinski definition) is 1. The molecule has 0 fully saturated rings. The smallest absolute Gasteiger partial charge is 0.159 e. The standard InChI is InChI=1S/C8H8BrF2NO/c9-6-4-8(11)7(10)3-5(6)1-2-13-12/h3-4H,1-2,12H2. The number of benzene rings is 1. The van der Waals surface area contributed by atoms with Crippen molar-refractivity contribution in [3.05, 3.63) is 33.8 Å². The molecule has 2 N–H and O–H groups in total. The Morgan fingerprint density at radius 2 is 1.92 bits per heavy atom. The molecule has 13 heavy (non-hydrogen) atoms. The molecule has 0 bridgehead atoms. The van der Waals surface area contributed by atoms with E-state index >= 15 is 0 Å². The minimum Gasteiger partial charge on any atom is -0.304 e. The summed E-state index contributed by atoms with van der Waals surface area (Å²) in [6.07, 6.45) is 0.439. The summed E-state index contributed by atoms with van der Waals surface area (Å²) in [5, 5.41) is 0. The van der Waals surface area contributed by atoms with Crippen molar-refractivity contribution in [3.63, 3.8) is 0 Å². The van der Waals surface area contributed by atoms with Crippen LogP contribution in [0.2, 0.25) is 0 Å². The van der Waals surface area contributed by atoms with E-state index in [1.54, 1.807) is 0 Å². The van der Waals surface area contributed by atoms with Gasteiger partial charge in [-0.1, -0.05) is 15.9 Å². The number of hydrogen-bond acceptors (Lipinski definition) is 2. The maximum atomic E-state index is 12.7. The molecule has 5 heteroatoms. The van der Waals surface area contributed by atoms with Crippen LogP contribution in [0.4, 0.5) is 8.78 Å². The van der Waals surface area contributed by atoms with Crippen molar-refractivity contribution in [2.45, 2.75) is 6.42 Å². The summed E-state index contributed by atoms with van der Waals surface area (Å²) < 4.78 is 25.9. The molecule has 0 aromatic heterocycles. The van der Waals surface area contributed by atoms with Crippen LogP contribution in [0.25, 0.3) is 0 Å². The second-order valence-electron chi connectivity index (χ2n) is 2.48. The molecule has 0 aliphatic carbocycles. The van der Waals surface area contributed by atoms with Crippen molar-refractivity contribution in [3.8, 4) is 0 Å². The van der Waals surface area contributed by atoms with Gasteiger partial charge in [-0.05, 0) is 24.1 Å². The van der Waals surface area contributed by atoms with Crippen molar-refractivity contribution in [1.29, 1.82) is 0 Å². The molecule has 0 aliphatic heterocycles. The topological polar surface area (TPSA) is 35.2 Å². The van der Waals surface area contributed by atoms with Crippen LogP contribution in [0.5, 0.6) is 0 Å². The molecule has 0 aliphatic rings. The zero-order valence-electron chi connectivity index (χ0n) is 6.69. The lowest BCUT2D eigenvalue weighted by Crippen LogP contribution is -2.04. The summed E-state index contributed by atoms with van der Waals surface area (Å²) >= 11 is 3.11. The highest BCUT2D eigenvalue weighted by Gasteiger charge is 2.07. The Morgan fingerprint density at radius 1 is 1.31 bits per heavy atom. The zero-order chi connectivity index (χ0) is 9.84. The first-order chi connectivity index (χ1) is 6.15. The van der Waals surface area contributed by atoms with Crippen LogP contribution in [0.1, 0.15) is 5.56 Å². The SMILES string of the molecule is NOCCc1cc(F)c(F)cc1Br.